The standard InChI is InChI=1S/C96H129N17O22S/c1-55(2)82(96(135)112-46-22-31-75(112)85(98)124)109-90(129)71(49-62-24-14-11-15-25-62)103-80(120)54-136-53-74(88(127)100-52-79(119)102-69(84(97)123)30-20-21-45-99-77(117)43-33-56(3)114)107-91(130)76-32-23-47-113(76)93(132)58(5)101-89(128)70(42-44-81(121)122)104-86(125)59(6)110(9)94(133)72(50-63-34-38-67(39-35-63)65-26-16-12-17-27-65)105-87(126)60(7)111(10)95(134)73(106-92(131)83(61(8)116)108-78(118)48-57(4)115)51-64-36-40-68(41-37-64)66-28-18-13-19-29-66/h11-19,24-29,34-41,55,57-61,69-76,82-83,115-116H,20-23,30-33,42-54H2,1-10H3,(H2,97,123)(H2,98,124)(H,99,117)(H,100,127)(H,101,128)(H,102,119)(H,103,120)(H,104,125)(H,105,126)(H,106,131)(H,107,130)(H,108,118)(H,109,129)(H,121,122)/t57-,58+,59+,60+,61-,69+,70+,71+,72+,73+,74+,75+,76+,82+,83+/m1/s1. The molecule has 0 bridgehead atoms. The van der Waals surface area contributed by atoms with Crippen LogP contribution in [0.15, 0.2) is 140 Å². The van der Waals surface area contributed by atoms with Gasteiger partial charge in [0.1, 0.15) is 84.3 Å². The first-order chi connectivity index (χ1) is 64.5. The van der Waals surface area contributed by atoms with Gasteiger partial charge in [0.05, 0.1) is 30.9 Å². The second-order valence-electron chi connectivity index (χ2n) is 34.7. The number of ketones is 1. The third-order valence-corrected chi connectivity index (χ3v) is 24.5. The first-order valence-electron chi connectivity index (χ1n) is 45.5. The van der Waals surface area contributed by atoms with Gasteiger partial charge in [-0.05, 0) is 138 Å². The number of aliphatic hydroxyl groups excluding tert-OH is 2. The number of amides is 17. The molecule has 39 nitrogen and oxygen atoms in total. The van der Waals surface area contributed by atoms with Crippen molar-refractivity contribution in [3.63, 3.8) is 0 Å². The molecule has 5 aromatic rings. The Morgan fingerprint density at radius 3 is 1.42 bits per heavy atom. The van der Waals surface area contributed by atoms with E-state index >= 15 is 4.79 Å². The summed E-state index contributed by atoms with van der Waals surface area (Å²) in [6, 6.07) is 23.2. The molecule has 0 aliphatic carbocycles. The van der Waals surface area contributed by atoms with E-state index < -0.39 is 234 Å². The first kappa shape index (κ1) is 110. The summed E-state index contributed by atoms with van der Waals surface area (Å²) in [7, 11) is 2.53. The van der Waals surface area contributed by atoms with Crippen LogP contribution in [0.5, 0.6) is 0 Å². The zero-order valence-corrected chi connectivity index (χ0v) is 79.1. The van der Waals surface area contributed by atoms with Gasteiger partial charge in [-0.3, -0.25) is 86.3 Å². The summed E-state index contributed by atoms with van der Waals surface area (Å²) < 4.78 is 0. The number of primary amides is 2. The first-order valence-corrected chi connectivity index (χ1v) is 46.6. The molecule has 0 saturated carbocycles. The monoisotopic (exact) mass is 1900 g/mol. The van der Waals surface area contributed by atoms with Crippen molar-refractivity contribution in [3.8, 4) is 22.3 Å². The second-order valence-corrected chi connectivity index (χ2v) is 35.7. The number of carbonyl (C=O) groups excluding carboxylic acids is 18. The fourth-order valence-corrected chi connectivity index (χ4v) is 16.3. The number of nitrogens with one attached hydrogen (secondary N) is 11. The average Bonchev–Trinajstić information content (AvgIpc) is 1.76. The number of aliphatic hydroxyl groups is 2. The molecular weight excluding hydrogens is 1780 g/mol. The van der Waals surface area contributed by atoms with Crippen LogP contribution in [-0.4, -0.2) is 290 Å². The molecular formula is C96H129N17O22S. The van der Waals surface area contributed by atoms with Gasteiger partial charge in [0.15, 0.2) is 0 Å². The number of hydrogen-bond donors (Lipinski definition) is 16. The Bertz CT molecular complexity index is 5000. The van der Waals surface area contributed by atoms with Gasteiger partial charge < -0.3 is 110 Å². The summed E-state index contributed by atoms with van der Waals surface area (Å²) in [5.74, 6) is -17.0. The molecule has 136 heavy (non-hydrogen) atoms. The summed E-state index contributed by atoms with van der Waals surface area (Å²) in [4.78, 5) is 266. The Morgan fingerprint density at radius 1 is 0.441 bits per heavy atom. The van der Waals surface area contributed by atoms with E-state index in [2.05, 4.69) is 58.5 Å². The van der Waals surface area contributed by atoms with Gasteiger partial charge in [-0.1, -0.05) is 153 Å². The molecule has 15 atom stereocenters. The van der Waals surface area contributed by atoms with E-state index in [9.17, 15) is 102 Å². The Balaban J connectivity index is 1.07. The van der Waals surface area contributed by atoms with E-state index in [-0.39, 0.29) is 89.1 Å². The topological polar surface area (TPSA) is 582 Å². The lowest BCUT2D eigenvalue weighted by atomic mass is 9.99. The molecule has 2 saturated heterocycles. The van der Waals surface area contributed by atoms with Crippen LogP contribution in [0, 0.1) is 5.92 Å². The highest BCUT2D eigenvalue weighted by Crippen LogP contribution is 2.26. The number of aliphatic carboxylic acids is 1. The predicted molar refractivity (Wildman–Crippen MR) is 503 cm³/mol. The minimum absolute atomic E-state index is 0.00948. The zero-order valence-electron chi connectivity index (χ0n) is 78.3. The molecule has 7 rings (SSSR count). The molecule has 0 spiro atoms. The van der Waals surface area contributed by atoms with Crippen LogP contribution >= 0.6 is 11.8 Å². The largest absolute Gasteiger partial charge is 0.481 e. The van der Waals surface area contributed by atoms with Gasteiger partial charge in [0.25, 0.3) is 0 Å². The Kier molecular flexibility index (Phi) is 43.6. The second kappa shape index (κ2) is 54.1. The molecule has 18 N–H and O–H groups in total. The molecule has 2 aliphatic rings. The van der Waals surface area contributed by atoms with Crippen molar-refractivity contribution < 1.29 is 106 Å². The highest BCUT2D eigenvalue weighted by atomic mass is 32.2. The summed E-state index contributed by atoms with van der Waals surface area (Å²) in [6.45, 7) is 10.8. The third-order valence-electron chi connectivity index (χ3n) is 23.5. The van der Waals surface area contributed by atoms with Crippen molar-refractivity contribution >= 4 is 124 Å². The molecule has 0 aromatic heterocycles. The smallest absolute Gasteiger partial charge is 0.303 e. The summed E-state index contributed by atoms with van der Waals surface area (Å²) in [5.41, 5.74) is 16.4. The van der Waals surface area contributed by atoms with Crippen molar-refractivity contribution in [2.45, 2.75) is 242 Å². The number of hydrogen-bond acceptors (Lipinski definition) is 22. The van der Waals surface area contributed by atoms with Crippen LogP contribution in [0.4, 0.5) is 0 Å². The Labute approximate surface area is 794 Å². The van der Waals surface area contributed by atoms with E-state index in [1.54, 1.807) is 80.6 Å². The maximum Gasteiger partial charge on any atom is 0.303 e. The number of Topliss-reactive ketones (excluding diaryl/α,β-unsaturated/α-hetero) is 1. The number of nitrogens with two attached hydrogens (primary N) is 2. The fraction of sp³-hybridized carbons (Fsp3) is 0.490. The lowest BCUT2D eigenvalue weighted by Crippen LogP contribution is -2.61. The van der Waals surface area contributed by atoms with Gasteiger partial charge in [0, 0.05) is 78.0 Å². The lowest BCUT2D eigenvalue weighted by Gasteiger charge is -2.33. The van der Waals surface area contributed by atoms with E-state index in [0.29, 0.717) is 36.0 Å². The van der Waals surface area contributed by atoms with Crippen LogP contribution in [0.3, 0.4) is 0 Å². The van der Waals surface area contributed by atoms with Gasteiger partial charge in [-0.25, -0.2) is 0 Å². The minimum Gasteiger partial charge on any atom is -0.481 e. The van der Waals surface area contributed by atoms with Crippen LogP contribution < -0.4 is 70.0 Å². The number of benzene rings is 5. The molecule has 40 heteroatoms. The Hall–Kier alpha value is -13.5. The molecule has 17 amide bonds. The van der Waals surface area contributed by atoms with Gasteiger partial charge >= 0.3 is 5.97 Å². The number of nitrogens with zero attached hydrogens (tertiary/aromatic N) is 4. The fourth-order valence-electron chi connectivity index (χ4n) is 15.4. The summed E-state index contributed by atoms with van der Waals surface area (Å²) in [5, 5.41) is 59.1. The summed E-state index contributed by atoms with van der Waals surface area (Å²) in [6.07, 6.45) is -3.04. The van der Waals surface area contributed by atoms with E-state index in [0.717, 1.165) is 48.7 Å². The Morgan fingerprint density at radius 2 is 0.919 bits per heavy atom. The molecule has 2 fully saturated rings. The highest BCUT2D eigenvalue weighted by molar-refractivity contribution is 8.00. The zero-order chi connectivity index (χ0) is 100. The van der Waals surface area contributed by atoms with Crippen LogP contribution in [0.1, 0.15) is 149 Å². The van der Waals surface area contributed by atoms with Gasteiger partial charge in [-0.2, -0.15) is 0 Å². The van der Waals surface area contributed by atoms with E-state index in [4.69, 9.17) is 11.5 Å². The maximum atomic E-state index is 15.2. The lowest BCUT2D eigenvalue weighted by molar-refractivity contribution is -0.145. The number of carboxylic acids is 1. The normalized spacial score (nSPS) is 16.2. The van der Waals surface area contributed by atoms with Gasteiger partial charge in [-0.15, -0.1) is 11.8 Å². The van der Waals surface area contributed by atoms with Crippen molar-refractivity contribution in [1.29, 1.82) is 0 Å². The number of carboxylic acid groups (broad SMARTS) is 1. The molecule has 5 aromatic carbocycles. The van der Waals surface area contributed by atoms with E-state index in [1.165, 1.54) is 60.5 Å². The quantitative estimate of drug-likeness (QED) is 0.0232. The predicted octanol–water partition coefficient (Wildman–Crippen LogP) is 0.256. The maximum absolute atomic E-state index is 15.2. The van der Waals surface area contributed by atoms with Crippen molar-refractivity contribution in [3.05, 3.63) is 156 Å². The SMILES string of the molecule is CC(=O)CCC(=O)NCCCC[C@H](NC(=O)CNC(=O)[C@H](CSCC(=O)N[C@@H](Cc1ccccc1)C(=O)N[C@H](C(=O)N1CCC[C@H]1C(N)=O)C(C)C)NC(=O)[C@@H]1CCCN1C(=O)[C@H](C)NC(=O)[C@H](CCC(=O)O)NC(=O)[C@H](C)N(C)C(=O)[C@H](Cc1ccc(-c2ccccc2)cc1)NC(=O)[C@H](C)N(C)C(=O)[C@H](Cc1ccc(-c2ccccc2)cc1)NC(=O)[C@@H](NC(=O)C[C@@H](C)O)[C@@H](C)O)C(N)=O. The molecule has 2 aliphatic heterocycles. The molecule has 0 unspecified atom stereocenters. The number of unbranched alkanes of at least 4 members (excludes halogenated alkanes) is 1. The molecule has 0 radical (unpaired) electrons. The minimum atomic E-state index is -1.72. The van der Waals surface area contributed by atoms with Crippen LogP contribution in [-0.2, 0) is 110 Å². The third kappa shape index (κ3) is 34.4. The van der Waals surface area contributed by atoms with Crippen LogP contribution in [0.2, 0.25) is 0 Å². The van der Waals surface area contributed by atoms with Crippen LogP contribution in [0.25, 0.3) is 22.3 Å². The van der Waals surface area contributed by atoms with Gasteiger partial charge in [0.2, 0.25) is 100 Å². The number of likely N-dealkylation sites (tertiary alicyclic amines) is 2. The number of likely N-dealkylation sites (N-methyl/N-ethyl adjacent to an activating group) is 2. The van der Waals surface area contributed by atoms with Crippen molar-refractivity contribution in [2.24, 2.45) is 17.4 Å². The number of thioether (sulfide) groups is 1. The molecule has 2 heterocycles. The summed E-state index contributed by atoms with van der Waals surface area (Å²) >= 11 is 0.807. The van der Waals surface area contributed by atoms with E-state index in [1.807, 2.05) is 72.8 Å². The number of rotatable bonds is 53. The highest BCUT2D eigenvalue weighted by Gasteiger charge is 2.43. The van der Waals surface area contributed by atoms with Crippen molar-refractivity contribution in [1.82, 2.24) is 78.1 Å². The molecule has 736 valence electrons. The number of carbonyl (C=O) groups is 19. The average molecular weight is 1910 g/mol. The van der Waals surface area contributed by atoms with Crippen molar-refractivity contribution in [2.75, 3.05) is 51.8 Å².